The maximum Gasteiger partial charge on any atom is 0.140 e. The number of hydrogen-bond acceptors (Lipinski definition) is 4. The van der Waals surface area contributed by atoms with E-state index in [1.807, 2.05) is 20.0 Å². The number of rotatable bonds is 3. The third kappa shape index (κ3) is 2.90. The van der Waals surface area contributed by atoms with Gasteiger partial charge >= 0.3 is 0 Å². The average molecular weight is 326 g/mol. The van der Waals surface area contributed by atoms with Crippen molar-refractivity contribution in [3.63, 3.8) is 0 Å². The Balaban J connectivity index is 2.21. The van der Waals surface area contributed by atoms with Crippen LogP contribution in [0.4, 0.5) is 5.82 Å². The summed E-state index contributed by atoms with van der Waals surface area (Å²) in [5.41, 5.74) is 2.24. The van der Waals surface area contributed by atoms with Crippen LogP contribution in [-0.2, 0) is 0 Å². The smallest absolute Gasteiger partial charge is 0.140 e. The highest BCUT2D eigenvalue weighted by Crippen LogP contribution is 2.29. The minimum absolute atomic E-state index is 0.211. The quantitative estimate of drug-likeness (QED) is 0.908. The van der Waals surface area contributed by atoms with Gasteiger partial charge in [0.25, 0.3) is 0 Å². The molecule has 0 aromatic carbocycles. The summed E-state index contributed by atoms with van der Waals surface area (Å²) in [5, 5.41) is 4.52. The van der Waals surface area contributed by atoms with Crippen LogP contribution >= 0.6 is 27.3 Å². The molecule has 0 radical (unpaired) electrons. The first-order valence-corrected chi connectivity index (χ1v) is 7.41. The molecule has 2 aromatic rings. The molecule has 5 heteroatoms. The van der Waals surface area contributed by atoms with E-state index in [0.29, 0.717) is 0 Å². The predicted molar refractivity (Wildman–Crippen MR) is 80.3 cm³/mol. The molecule has 2 rings (SSSR count). The molecule has 0 fully saturated rings. The molecule has 0 aliphatic rings. The standard InChI is InChI=1S/C13H16BrN3S/c1-7-5-11(14)13(15-6-7)17-9(3)12-8(2)16-10(4)18-12/h5-6,9H,1-4H3,(H,15,17). The van der Waals surface area contributed by atoms with Crippen molar-refractivity contribution in [3.8, 4) is 0 Å². The largest absolute Gasteiger partial charge is 0.362 e. The molecule has 1 unspecified atom stereocenters. The Morgan fingerprint density at radius 2 is 2.06 bits per heavy atom. The van der Waals surface area contributed by atoms with Gasteiger partial charge in [0, 0.05) is 11.1 Å². The summed E-state index contributed by atoms with van der Waals surface area (Å²) in [4.78, 5) is 10.1. The second-order valence-electron chi connectivity index (χ2n) is 4.39. The zero-order valence-corrected chi connectivity index (χ0v) is 13.3. The number of nitrogens with zero attached hydrogens (tertiary/aromatic N) is 2. The van der Waals surface area contributed by atoms with Crippen LogP contribution in [0.15, 0.2) is 16.7 Å². The van der Waals surface area contributed by atoms with Gasteiger partial charge in [0.2, 0.25) is 0 Å². The molecule has 0 amide bonds. The lowest BCUT2D eigenvalue weighted by atomic mass is 10.2. The monoisotopic (exact) mass is 325 g/mol. The Bertz CT molecular complexity index is 565. The van der Waals surface area contributed by atoms with Crippen LogP contribution in [0.5, 0.6) is 0 Å². The van der Waals surface area contributed by atoms with Gasteiger partial charge in [-0.2, -0.15) is 0 Å². The normalized spacial score (nSPS) is 12.5. The number of anilines is 1. The van der Waals surface area contributed by atoms with Crippen molar-refractivity contribution in [1.82, 2.24) is 9.97 Å². The zero-order valence-electron chi connectivity index (χ0n) is 10.9. The fourth-order valence-corrected chi connectivity index (χ4v) is 3.37. The summed E-state index contributed by atoms with van der Waals surface area (Å²) in [7, 11) is 0. The van der Waals surface area contributed by atoms with Gasteiger partial charge in [-0.15, -0.1) is 11.3 Å². The van der Waals surface area contributed by atoms with Crippen molar-refractivity contribution in [1.29, 1.82) is 0 Å². The summed E-state index contributed by atoms with van der Waals surface area (Å²) in [6, 6.07) is 2.27. The molecule has 2 heterocycles. The number of hydrogen-bond donors (Lipinski definition) is 1. The third-order valence-electron chi connectivity index (χ3n) is 2.66. The molecule has 18 heavy (non-hydrogen) atoms. The Hall–Kier alpha value is -0.940. The minimum atomic E-state index is 0.211. The fraction of sp³-hybridized carbons (Fsp3) is 0.385. The van der Waals surface area contributed by atoms with Crippen LogP contribution in [0.1, 0.15) is 34.1 Å². The van der Waals surface area contributed by atoms with E-state index in [-0.39, 0.29) is 6.04 Å². The Labute approximate surface area is 120 Å². The van der Waals surface area contributed by atoms with E-state index in [1.165, 1.54) is 4.88 Å². The maximum absolute atomic E-state index is 4.46. The second kappa shape index (κ2) is 5.36. The second-order valence-corrected chi connectivity index (χ2v) is 6.48. The van der Waals surface area contributed by atoms with Gasteiger partial charge < -0.3 is 5.32 Å². The minimum Gasteiger partial charge on any atom is -0.362 e. The van der Waals surface area contributed by atoms with Crippen molar-refractivity contribution < 1.29 is 0 Å². The molecular weight excluding hydrogens is 310 g/mol. The van der Waals surface area contributed by atoms with Gasteiger partial charge in [-0.25, -0.2) is 9.97 Å². The Morgan fingerprint density at radius 1 is 1.33 bits per heavy atom. The SMILES string of the molecule is Cc1cnc(NC(C)c2sc(C)nc2C)c(Br)c1. The van der Waals surface area contributed by atoms with E-state index >= 15 is 0 Å². The van der Waals surface area contributed by atoms with Crippen LogP contribution in [0.2, 0.25) is 0 Å². The van der Waals surface area contributed by atoms with Gasteiger partial charge in [0.1, 0.15) is 5.82 Å². The van der Waals surface area contributed by atoms with Crippen molar-refractivity contribution >= 4 is 33.1 Å². The van der Waals surface area contributed by atoms with Crippen molar-refractivity contribution in [2.75, 3.05) is 5.32 Å². The highest BCUT2D eigenvalue weighted by molar-refractivity contribution is 9.10. The first kappa shape index (κ1) is 13.5. The topological polar surface area (TPSA) is 37.8 Å². The average Bonchev–Trinajstić information content (AvgIpc) is 2.62. The number of aryl methyl sites for hydroxylation is 3. The summed E-state index contributed by atoms with van der Waals surface area (Å²) >= 11 is 5.27. The van der Waals surface area contributed by atoms with Gasteiger partial charge in [-0.05, 0) is 55.3 Å². The van der Waals surface area contributed by atoms with Crippen molar-refractivity contribution in [2.45, 2.75) is 33.7 Å². The Morgan fingerprint density at radius 3 is 2.61 bits per heavy atom. The third-order valence-corrected chi connectivity index (χ3v) is 4.52. The van der Waals surface area contributed by atoms with Crippen LogP contribution in [-0.4, -0.2) is 9.97 Å². The molecule has 0 saturated heterocycles. The van der Waals surface area contributed by atoms with Crippen LogP contribution in [0.3, 0.4) is 0 Å². The summed E-state index contributed by atoms with van der Waals surface area (Å²) in [5.74, 6) is 0.874. The van der Waals surface area contributed by atoms with E-state index in [9.17, 15) is 0 Å². The number of thiazole rings is 1. The molecule has 0 saturated carbocycles. The summed E-state index contributed by atoms with van der Waals surface area (Å²) in [6.07, 6.45) is 1.87. The highest BCUT2D eigenvalue weighted by Gasteiger charge is 2.14. The molecule has 0 spiro atoms. The molecule has 0 aliphatic heterocycles. The number of halogens is 1. The molecule has 3 nitrogen and oxygen atoms in total. The molecule has 2 aromatic heterocycles. The van der Waals surface area contributed by atoms with Gasteiger partial charge in [0.05, 0.1) is 21.2 Å². The van der Waals surface area contributed by atoms with E-state index in [1.54, 1.807) is 11.3 Å². The van der Waals surface area contributed by atoms with Crippen molar-refractivity contribution in [3.05, 3.63) is 37.9 Å². The highest BCUT2D eigenvalue weighted by atomic mass is 79.9. The summed E-state index contributed by atoms with van der Waals surface area (Å²) in [6.45, 7) is 8.25. The lowest BCUT2D eigenvalue weighted by Crippen LogP contribution is -2.08. The van der Waals surface area contributed by atoms with E-state index in [2.05, 4.69) is 51.1 Å². The first-order chi connectivity index (χ1) is 8.47. The molecule has 1 atom stereocenters. The van der Waals surface area contributed by atoms with Gasteiger partial charge in [-0.1, -0.05) is 0 Å². The zero-order chi connectivity index (χ0) is 13.3. The van der Waals surface area contributed by atoms with E-state index in [0.717, 1.165) is 26.6 Å². The number of pyridine rings is 1. The van der Waals surface area contributed by atoms with Crippen molar-refractivity contribution in [2.24, 2.45) is 0 Å². The Kier molecular flexibility index (Phi) is 4.02. The van der Waals surface area contributed by atoms with Gasteiger partial charge in [0.15, 0.2) is 0 Å². The van der Waals surface area contributed by atoms with E-state index < -0.39 is 0 Å². The molecule has 0 bridgehead atoms. The predicted octanol–water partition coefficient (Wildman–Crippen LogP) is 4.40. The first-order valence-electron chi connectivity index (χ1n) is 5.80. The fourth-order valence-electron chi connectivity index (χ4n) is 1.86. The number of nitrogens with one attached hydrogen (secondary N) is 1. The molecule has 1 N–H and O–H groups in total. The summed E-state index contributed by atoms with van der Waals surface area (Å²) < 4.78 is 0.994. The molecule has 96 valence electrons. The van der Waals surface area contributed by atoms with Crippen LogP contribution in [0, 0.1) is 20.8 Å². The number of aromatic nitrogens is 2. The molecule has 0 aliphatic carbocycles. The van der Waals surface area contributed by atoms with Crippen LogP contribution < -0.4 is 5.32 Å². The molecular formula is C13H16BrN3S. The van der Waals surface area contributed by atoms with E-state index in [4.69, 9.17) is 0 Å². The van der Waals surface area contributed by atoms with Crippen LogP contribution in [0.25, 0.3) is 0 Å². The van der Waals surface area contributed by atoms with Gasteiger partial charge in [-0.3, -0.25) is 0 Å². The maximum atomic E-state index is 4.46. The lowest BCUT2D eigenvalue weighted by Gasteiger charge is -2.15. The lowest BCUT2D eigenvalue weighted by molar-refractivity contribution is 0.877.